The molecule has 0 aliphatic heterocycles. The van der Waals surface area contributed by atoms with Crippen molar-refractivity contribution in [2.75, 3.05) is 0 Å². The number of hydrogen-bond donors (Lipinski definition) is 1. The van der Waals surface area contributed by atoms with Crippen LogP contribution in [-0.2, 0) is 21.5 Å². The molecule has 4 rings (SSSR count). The highest BCUT2D eigenvalue weighted by Crippen LogP contribution is 2.31. The van der Waals surface area contributed by atoms with Crippen LogP contribution in [-0.4, -0.2) is 30.9 Å². The average molecular weight is 1540 g/mol. The summed E-state index contributed by atoms with van der Waals surface area (Å²) in [6.07, 6.45) is 0. The van der Waals surface area contributed by atoms with Gasteiger partial charge in [0.2, 0.25) is 0 Å². The first-order valence-electron chi connectivity index (χ1n) is 12.0. The Balaban J connectivity index is 1.66. The SMILES string of the molecule is O=C(OCc1cc(OC(=O)c2c(I)cc(I)cc2I)cc(OC(=O)c2c(I)cc(I)cc2I)c1)c1cc(I)c(S(=O)(=O)O)c(I)c1. The molecule has 0 aromatic heterocycles. The zero-order valence-electron chi connectivity index (χ0n) is 22.0. The Morgan fingerprint density at radius 1 is 0.565 bits per heavy atom. The largest absolute Gasteiger partial charge is 0.457 e. The number of carbonyl (C=O) groups excluding carboxylic acids is 3. The van der Waals surface area contributed by atoms with Gasteiger partial charge in [-0.1, -0.05) is 0 Å². The summed E-state index contributed by atoms with van der Waals surface area (Å²) in [5.41, 5.74) is 1.15. The summed E-state index contributed by atoms with van der Waals surface area (Å²) in [7, 11) is -4.50. The molecule has 4 aromatic rings. The van der Waals surface area contributed by atoms with Gasteiger partial charge in [-0.15, -0.1) is 0 Å². The number of hydrogen-bond acceptors (Lipinski definition) is 8. The van der Waals surface area contributed by atoms with Crippen molar-refractivity contribution in [1.29, 1.82) is 0 Å². The molecule has 0 radical (unpaired) electrons. The monoisotopic (exact) mass is 1540 g/mol. The molecule has 240 valence electrons. The molecule has 18 heteroatoms. The van der Waals surface area contributed by atoms with Gasteiger partial charge in [0.15, 0.2) is 0 Å². The standard InChI is InChI=1S/C28H12I8O9S/c29-13-5-17(31)23(18(32)6-13)27(38)44-15-1-11(2-16(9-15)45-28(39)24-19(33)7-14(30)8-20(24)34)10-43-26(37)12-3-21(35)25(22(36)4-12)46(40,41)42/h1-9H,10H2,(H,40,41,42). The van der Waals surface area contributed by atoms with E-state index in [0.29, 0.717) is 31.0 Å². The van der Waals surface area contributed by atoms with Crippen LogP contribution in [0.1, 0.15) is 36.6 Å². The van der Waals surface area contributed by atoms with Crippen LogP contribution in [0, 0.1) is 28.6 Å². The maximum absolute atomic E-state index is 13.3. The van der Waals surface area contributed by atoms with E-state index in [0.717, 1.165) is 7.14 Å². The first kappa shape index (κ1) is 39.8. The third-order valence-electron chi connectivity index (χ3n) is 5.64. The highest BCUT2D eigenvalue weighted by Gasteiger charge is 2.23. The second-order valence-electron chi connectivity index (χ2n) is 8.90. The lowest BCUT2D eigenvalue weighted by Gasteiger charge is -2.14. The van der Waals surface area contributed by atoms with Gasteiger partial charge in [-0.05, 0) is 235 Å². The molecule has 0 fully saturated rings. The second kappa shape index (κ2) is 17.0. The van der Waals surface area contributed by atoms with Crippen LogP contribution >= 0.6 is 181 Å². The lowest BCUT2D eigenvalue weighted by atomic mass is 10.2. The highest BCUT2D eigenvalue weighted by atomic mass is 127. The summed E-state index contributed by atoms with van der Waals surface area (Å²) in [6.45, 7) is -0.306. The van der Waals surface area contributed by atoms with E-state index in [4.69, 9.17) is 14.2 Å². The number of halogens is 8. The van der Waals surface area contributed by atoms with Crippen molar-refractivity contribution < 1.29 is 41.6 Å². The van der Waals surface area contributed by atoms with Crippen molar-refractivity contribution in [1.82, 2.24) is 0 Å². The van der Waals surface area contributed by atoms with Crippen LogP contribution in [0.3, 0.4) is 0 Å². The molecule has 46 heavy (non-hydrogen) atoms. The number of carbonyl (C=O) groups is 3. The molecule has 0 heterocycles. The molecule has 0 atom stereocenters. The summed E-state index contributed by atoms with van der Waals surface area (Å²) in [4.78, 5) is 39.2. The fourth-order valence-corrected chi connectivity index (χ4v) is 15.9. The number of ether oxygens (including phenoxy) is 3. The van der Waals surface area contributed by atoms with Gasteiger partial charge in [0.05, 0.1) is 16.7 Å². The molecule has 0 unspecified atom stereocenters. The zero-order chi connectivity index (χ0) is 34.1. The van der Waals surface area contributed by atoms with Gasteiger partial charge in [0, 0.05) is 34.6 Å². The van der Waals surface area contributed by atoms with E-state index in [1.807, 2.05) is 24.3 Å². The molecule has 0 bridgehead atoms. The first-order chi connectivity index (χ1) is 21.4. The number of esters is 3. The van der Waals surface area contributed by atoms with Crippen LogP contribution in [0.4, 0.5) is 0 Å². The molecule has 0 saturated heterocycles. The Morgan fingerprint density at radius 2 is 0.957 bits per heavy atom. The summed E-state index contributed by atoms with van der Waals surface area (Å²) < 4.78 is 54.9. The highest BCUT2D eigenvalue weighted by molar-refractivity contribution is 14.1. The molecular weight excluding hydrogens is 1530 g/mol. The second-order valence-corrected chi connectivity index (χ2v) is 19.7. The average Bonchev–Trinajstić information content (AvgIpc) is 2.89. The minimum absolute atomic E-state index is 0.0557. The van der Waals surface area contributed by atoms with Crippen LogP contribution in [0.15, 0.2) is 59.5 Å². The predicted octanol–water partition coefficient (Wildman–Crippen LogP) is 9.57. The molecule has 0 spiro atoms. The summed E-state index contributed by atoms with van der Waals surface area (Å²) in [5.74, 6) is -1.91. The normalized spacial score (nSPS) is 11.2. The van der Waals surface area contributed by atoms with Crippen LogP contribution in [0.25, 0.3) is 0 Å². The molecule has 0 saturated carbocycles. The van der Waals surface area contributed by atoms with E-state index < -0.39 is 28.0 Å². The molecule has 4 aromatic carbocycles. The van der Waals surface area contributed by atoms with Crippen molar-refractivity contribution >= 4 is 209 Å². The molecule has 0 aliphatic carbocycles. The minimum Gasteiger partial charge on any atom is -0.457 e. The van der Waals surface area contributed by atoms with Crippen LogP contribution in [0.5, 0.6) is 11.5 Å². The van der Waals surface area contributed by atoms with Crippen LogP contribution < -0.4 is 9.47 Å². The van der Waals surface area contributed by atoms with E-state index in [2.05, 4.69) is 136 Å². The third-order valence-corrected chi connectivity index (χ3v) is 13.7. The Hall–Kier alpha value is 1.04. The van der Waals surface area contributed by atoms with Gasteiger partial charge in [-0.2, -0.15) is 8.42 Å². The zero-order valence-corrected chi connectivity index (χ0v) is 40.1. The third kappa shape index (κ3) is 10.3. The summed E-state index contributed by atoms with van der Waals surface area (Å²) in [6, 6.07) is 14.3. The summed E-state index contributed by atoms with van der Waals surface area (Å²) >= 11 is 16.0. The van der Waals surface area contributed by atoms with Crippen molar-refractivity contribution in [3.63, 3.8) is 0 Å². The Morgan fingerprint density at radius 3 is 1.33 bits per heavy atom. The van der Waals surface area contributed by atoms with Crippen LogP contribution in [0.2, 0.25) is 0 Å². The predicted molar refractivity (Wildman–Crippen MR) is 236 cm³/mol. The lowest BCUT2D eigenvalue weighted by Crippen LogP contribution is -2.15. The number of benzene rings is 4. The molecule has 9 nitrogen and oxygen atoms in total. The topological polar surface area (TPSA) is 133 Å². The molecular formula is C28H12I8O9S. The van der Waals surface area contributed by atoms with Gasteiger partial charge >= 0.3 is 17.9 Å². The van der Waals surface area contributed by atoms with Gasteiger partial charge < -0.3 is 14.2 Å². The molecule has 0 amide bonds. The molecule has 0 aliphatic rings. The van der Waals surface area contributed by atoms with Gasteiger partial charge in [-0.25, -0.2) is 14.4 Å². The van der Waals surface area contributed by atoms with E-state index in [-0.39, 0.29) is 35.7 Å². The lowest BCUT2D eigenvalue weighted by molar-refractivity contribution is 0.0469. The van der Waals surface area contributed by atoms with E-state index >= 15 is 0 Å². The van der Waals surface area contributed by atoms with E-state index in [1.54, 1.807) is 45.2 Å². The maximum Gasteiger partial charge on any atom is 0.345 e. The van der Waals surface area contributed by atoms with Gasteiger partial charge in [0.25, 0.3) is 10.1 Å². The van der Waals surface area contributed by atoms with Crippen molar-refractivity contribution in [3.8, 4) is 11.5 Å². The Labute approximate surface area is 372 Å². The number of rotatable bonds is 8. The minimum atomic E-state index is -4.50. The van der Waals surface area contributed by atoms with E-state index in [9.17, 15) is 27.4 Å². The molecule has 1 N–H and O–H groups in total. The van der Waals surface area contributed by atoms with Crippen molar-refractivity contribution in [2.24, 2.45) is 0 Å². The van der Waals surface area contributed by atoms with Gasteiger partial charge in [-0.3, -0.25) is 4.55 Å². The quantitative estimate of drug-likeness (QED) is 0.0793. The fraction of sp³-hybridized carbons (Fsp3) is 0.0357. The van der Waals surface area contributed by atoms with E-state index in [1.165, 1.54) is 30.3 Å². The first-order valence-corrected chi connectivity index (χ1v) is 22.0. The summed E-state index contributed by atoms with van der Waals surface area (Å²) in [5, 5.41) is 0. The Bertz CT molecular complexity index is 1870. The smallest absolute Gasteiger partial charge is 0.345 e. The van der Waals surface area contributed by atoms with Crippen molar-refractivity contribution in [2.45, 2.75) is 11.5 Å². The fourth-order valence-electron chi connectivity index (χ4n) is 3.78. The maximum atomic E-state index is 13.3. The Kier molecular flexibility index (Phi) is 14.7. The van der Waals surface area contributed by atoms with Crippen molar-refractivity contribution in [3.05, 3.63) is 105 Å². The van der Waals surface area contributed by atoms with Gasteiger partial charge in [0.1, 0.15) is 23.0 Å².